The van der Waals surface area contributed by atoms with Crippen molar-refractivity contribution in [2.45, 2.75) is 19.4 Å². The lowest BCUT2D eigenvalue weighted by molar-refractivity contribution is 0.388. The van der Waals surface area contributed by atoms with Crippen LogP contribution in [0.1, 0.15) is 12.8 Å². The predicted octanol–water partition coefficient (Wildman–Crippen LogP) is 3.04. The molecule has 2 rings (SSSR count). The molecule has 2 aromatic rings. The Hall–Kier alpha value is -1.13. The van der Waals surface area contributed by atoms with E-state index in [4.69, 9.17) is 12.2 Å². The first-order valence-corrected chi connectivity index (χ1v) is 6.41. The van der Waals surface area contributed by atoms with E-state index >= 15 is 0 Å². The molecule has 0 saturated heterocycles. The van der Waals surface area contributed by atoms with E-state index in [1.54, 1.807) is 0 Å². The van der Waals surface area contributed by atoms with Crippen LogP contribution in [0.15, 0.2) is 24.3 Å². The van der Waals surface area contributed by atoms with E-state index in [9.17, 15) is 0 Å². The first-order chi connectivity index (χ1) is 8.18. The molecule has 0 bridgehead atoms. The number of fused-ring (bicyclic) bond motifs is 1. The summed E-state index contributed by atoms with van der Waals surface area (Å²) in [5.74, 6) is 0. The van der Waals surface area contributed by atoms with Gasteiger partial charge in [-0.25, -0.2) is 0 Å². The molecule has 0 saturated carbocycles. The van der Waals surface area contributed by atoms with Crippen LogP contribution in [0.5, 0.6) is 0 Å². The summed E-state index contributed by atoms with van der Waals surface area (Å²) in [6, 6.07) is 8.28. The molecule has 0 aliphatic rings. The fourth-order valence-corrected chi connectivity index (χ4v) is 2.33. The van der Waals surface area contributed by atoms with Crippen molar-refractivity contribution in [2.24, 2.45) is 0 Å². The van der Waals surface area contributed by atoms with E-state index in [-0.39, 0.29) is 0 Å². The number of H-pyrrole nitrogens is 1. The number of aryl methyl sites for hydroxylation is 1. The third-order valence-electron chi connectivity index (χ3n) is 2.92. The summed E-state index contributed by atoms with van der Waals surface area (Å²) < 4.78 is 3.02. The summed E-state index contributed by atoms with van der Waals surface area (Å²) in [4.78, 5) is 5.46. The fourth-order valence-electron chi connectivity index (χ4n) is 2.03. The Kier molecular flexibility index (Phi) is 3.97. The van der Waals surface area contributed by atoms with Gasteiger partial charge in [-0.2, -0.15) is 0 Å². The summed E-state index contributed by atoms with van der Waals surface area (Å²) in [7, 11) is 4.22. The van der Waals surface area contributed by atoms with E-state index in [1.807, 2.05) is 6.07 Å². The number of nitrogens with one attached hydrogen (secondary N) is 1. The Labute approximate surface area is 107 Å². The average Bonchev–Trinajstić information content (AvgIpc) is 2.60. The number of hydrogen-bond acceptors (Lipinski definition) is 2. The third-order valence-corrected chi connectivity index (χ3v) is 3.24. The summed E-state index contributed by atoms with van der Waals surface area (Å²) >= 11 is 5.35. The van der Waals surface area contributed by atoms with Gasteiger partial charge >= 0.3 is 0 Å². The van der Waals surface area contributed by atoms with Gasteiger partial charge in [0.1, 0.15) is 0 Å². The van der Waals surface area contributed by atoms with Crippen LogP contribution in [-0.4, -0.2) is 35.1 Å². The largest absolute Gasteiger partial charge is 0.331 e. The van der Waals surface area contributed by atoms with Crippen LogP contribution < -0.4 is 0 Å². The van der Waals surface area contributed by atoms with Crippen molar-refractivity contribution in [1.29, 1.82) is 0 Å². The molecule has 0 spiro atoms. The minimum Gasteiger partial charge on any atom is -0.331 e. The molecule has 0 amide bonds. The molecule has 1 aromatic carbocycles. The highest BCUT2D eigenvalue weighted by atomic mass is 32.1. The van der Waals surface area contributed by atoms with E-state index in [0.717, 1.165) is 29.8 Å². The second-order valence-corrected chi connectivity index (χ2v) is 5.00. The molecule has 0 atom stereocenters. The molecule has 4 heteroatoms. The van der Waals surface area contributed by atoms with Crippen molar-refractivity contribution in [3.05, 3.63) is 29.0 Å². The predicted molar refractivity (Wildman–Crippen MR) is 74.9 cm³/mol. The molecule has 92 valence electrons. The second kappa shape index (κ2) is 5.47. The standard InChI is InChI=1S/C13H19N3S/c1-15(2)9-5-6-10-16-12-8-4-3-7-11(12)14-13(16)17/h3-4,7-8H,5-6,9-10H2,1-2H3,(H,14,17). The normalized spacial score (nSPS) is 11.5. The van der Waals surface area contributed by atoms with Gasteiger partial charge in [0.25, 0.3) is 0 Å². The highest BCUT2D eigenvalue weighted by molar-refractivity contribution is 7.71. The molecule has 0 radical (unpaired) electrons. The highest BCUT2D eigenvalue weighted by Crippen LogP contribution is 2.14. The molecular formula is C13H19N3S. The van der Waals surface area contributed by atoms with Gasteiger partial charge < -0.3 is 14.5 Å². The summed E-state index contributed by atoms with van der Waals surface area (Å²) in [6.07, 6.45) is 2.36. The van der Waals surface area contributed by atoms with Crippen molar-refractivity contribution in [3.63, 3.8) is 0 Å². The lowest BCUT2D eigenvalue weighted by Crippen LogP contribution is -2.13. The lowest BCUT2D eigenvalue weighted by atomic mass is 10.3. The maximum absolute atomic E-state index is 5.35. The van der Waals surface area contributed by atoms with E-state index in [0.29, 0.717) is 0 Å². The first-order valence-electron chi connectivity index (χ1n) is 6.01. The molecular weight excluding hydrogens is 230 g/mol. The van der Waals surface area contributed by atoms with Crippen molar-refractivity contribution in [3.8, 4) is 0 Å². The van der Waals surface area contributed by atoms with Crippen LogP contribution >= 0.6 is 12.2 Å². The number of benzene rings is 1. The van der Waals surface area contributed by atoms with Gasteiger partial charge in [-0.1, -0.05) is 12.1 Å². The van der Waals surface area contributed by atoms with Crippen LogP contribution in [0.4, 0.5) is 0 Å². The molecule has 0 fully saturated rings. The minimum atomic E-state index is 0.830. The molecule has 1 aromatic heterocycles. The van der Waals surface area contributed by atoms with Crippen LogP contribution in [0.25, 0.3) is 11.0 Å². The van der Waals surface area contributed by atoms with Gasteiger partial charge in [-0.05, 0) is 57.8 Å². The van der Waals surface area contributed by atoms with Gasteiger partial charge in [0.15, 0.2) is 4.77 Å². The number of aromatic nitrogens is 2. The molecule has 0 unspecified atom stereocenters. The number of nitrogens with zero attached hydrogens (tertiary/aromatic N) is 2. The molecule has 17 heavy (non-hydrogen) atoms. The SMILES string of the molecule is CN(C)CCCCn1c(=S)[nH]c2ccccc21. The number of rotatable bonds is 5. The zero-order chi connectivity index (χ0) is 12.3. The van der Waals surface area contributed by atoms with Gasteiger partial charge in [0.05, 0.1) is 11.0 Å². The number of para-hydroxylation sites is 2. The Morgan fingerprint density at radius 3 is 2.76 bits per heavy atom. The van der Waals surface area contributed by atoms with E-state index < -0.39 is 0 Å². The van der Waals surface area contributed by atoms with Crippen molar-refractivity contribution < 1.29 is 0 Å². The summed E-state index contributed by atoms with van der Waals surface area (Å²) in [6.45, 7) is 2.13. The maximum atomic E-state index is 5.35. The highest BCUT2D eigenvalue weighted by Gasteiger charge is 2.02. The molecule has 0 aliphatic carbocycles. The van der Waals surface area contributed by atoms with E-state index in [1.165, 1.54) is 11.9 Å². The fraction of sp³-hybridized carbons (Fsp3) is 0.462. The van der Waals surface area contributed by atoms with Crippen LogP contribution in [0, 0.1) is 4.77 Å². The van der Waals surface area contributed by atoms with Gasteiger partial charge in [-0.15, -0.1) is 0 Å². The monoisotopic (exact) mass is 249 g/mol. The Bertz CT molecular complexity index is 539. The molecule has 1 N–H and O–H groups in total. The number of hydrogen-bond donors (Lipinski definition) is 1. The average molecular weight is 249 g/mol. The number of unbranched alkanes of at least 4 members (excludes halogenated alkanes) is 1. The van der Waals surface area contributed by atoms with Crippen LogP contribution in [-0.2, 0) is 6.54 Å². The molecule has 0 aliphatic heterocycles. The smallest absolute Gasteiger partial charge is 0.178 e. The van der Waals surface area contributed by atoms with Crippen LogP contribution in [0.3, 0.4) is 0 Å². The Morgan fingerprint density at radius 2 is 2.00 bits per heavy atom. The van der Waals surface area contributed by atoms with Gasteiger partial charge in [-0.3, -0.25) is 0 Å². The number of imidazole rings is 1. The summed E-state index contributed by atoms with van der Waals surface area (Å²) in [5, 5.41) is 0. The van der Waals surface area contributed by atoms with E-state index in [2.05, 4.69) is 46.7 Å². The van der Waals surface area contributed by atoms with Crippen molar-refractivity contribution >= 4 is 23.3 Å². The lowest BCUT2D eigenvalue weighted by Gasteiger charge is -2.09. The zero-order valence-corrected chi connectivity index (χ0v) is 11.3. The maximum Gasteiger partial charge on any atom is 0.178 e. The zero-order valence-electron chi connectivity index (χ0n) is 10.4. The van der Waals surface area contributed by atoms with Crippen molar-refractivity contribution in [2.75, 3.05) is 20.6 Å². The first kappa shape index (κ1) is 12.3. The second-order valence-electron chi connectivity index (χ2n) is 4.61. The Morgan fingerprint density at radius 1 is 1.24 bits per heavy atom. The topological polar surface area (TPSA) is 24.0 Å². The number of aromatic amines is 1. The molecule has 3 nitrogen and oxygen atoms in total. The quantitative estimate of drug-likeness (QED) is 0.650. The van der Waals surface area contributed by atoms with Gasteiger partial charge in [0, 0.05) is 6.54 Å². The minimum absolute atomic E-state index is 0.830. The van der Waals surface area contributed by atoms with Crippen LogP contribution in [0.2, 0.25) is 0 Å². The Balaban J connectivity index is 2.08. The van der Waals surface area contributed by atoms with Gasteiger partial charge in [0.2, 0.25) is 0 Å². The third kappa shape index (κ3) is 2.96. The molecule has 1 heterocycles. The van der Waals surface area contributed by atoms with Crippen molar-refractivity contribution in [1.82, 2.24) is 14.5 Å². The summed E-state index contributed by atoms with van der Waals surface area (Å²) in [5.41, 5.74) is 2.34.